The SMILES string of the molecule is CC1(C)OB(c2cc(Cl)cc(N3CC(C(=O)O)C3)c2)OC1(C)C. The van der Waals surface area contributed by atoms with Crippen LogP contribution >= 0.6 is 11.6 Å². The fourth-order valence-corrected chi connectivity index (χ4v) is 2.98. The highest BCUT2D eigenvalue weighted by Gasteiger charge is 2.51. The molecule has 3 rings (SSSR count). The first-order valence-corrected chi connectivity index (χ1v) is 8.11. The fraction of sp³-hybridized carbons (Fsp3) is 0.562. The van der Waals surface area contributed by atoms with Crippen LogP contribution in [0.15, 0.2) is 18.2 Å². The van der Waals surface area contributed by atoms with Crippen LogP contribution < -0.4 is 10.4 Å². The summed E-state index contributed by atoms with van der Waals surface area (Å²) in [4.78, 5) is 13.0. The van der Waals surface area contributed by atoms with Crippen LogP contribution in [0.4, 0.5) is 5.69 Å². The molecule has 2 aliphatic heterocycles. The predicted octanol–water partition coefficient (Wildman–Crippen LogP) is 2.16. The summed E-state index contributed by atoms with van der Waals surface area (Å²) in [6.45, 7) is 9.02. The Balaban J connectivity index is 1.81. The van der Waals surface area contributed by atoms with Gasteiger partial charge in [0.1, 0.15) is 0 Å². The Labute approximate surface area is 141 Å². The Morgan fingerprint density at radius 3 is 2.30 bits per heavy atom. The van der Waals surface area contributed by atoms with Gasteiger partial charge in [-0.1, -0.05) is 11.6 Å². The maximum atomic E-state index is 11.0. The highest BCUT2D eigenvalue weighted by atomic mass is 35.5. The molecule has 1 N–H and O–H groups in total. The molecule has 7 heteroatoms. The van der Waals surface area contributed by atoms with Gasteiger partial charge >= 0.3 is 13.1 Å². The standard InChI is InChI=1S/C16H21BClNO4/c1-15(2)16(3,4)23-17(22-15)11-5-12(18)7-13(6-11)19-8-10(9-19)14(20)21/h5-7,10H,8-9H2,1-4H3,(H,20,21). The van der Waals surface area contributed by atoms with Crippen molar-refractivity contribution in [2.45, 2.75) is 38.9 Å². The number of hydrogen-bond donors (Lipinski definition) is 1. The van der Waals surface area contributed by atoms with Crippen molar-refractivity contribution in [3.05, 3.63) is 23.2 Å². The number of nitrogens with zero attached hydrogens (tertiary/aromatic N) is 1. The predicted molar refractivity (Wildman–Crippen MR) is 90.5 cm³/mol. The van der Waals surface area contributed by atoms with Gasteiger partial charge in [-0.3, -0.25) is 4.79 Å². The van der Waals surface area contributed by atoms with Crippen LogP contribution in [0.2, 0.25) is 5.02 Å². The Hall–Kier alpha value is -1.24. The Morgan fingerprint density at radius 1 is 1.22 bits per heavy atom. The maximum absolute atomic E-state index is 11.0. The van der Waals surface area contributed by atoms with Crippen molar-refractivity contribution in [2.75, 3.05) is 18.0 Å². The Kier molecular flexibility index (Phi) is 3.90. The molecule has 0 aliphatic carbocycles. The molecule has 0 radical (unpaired) electrons. The van der Waals surface area contributed by atoms with E-state index in [0.29, 0.717) is 18.1 Å². The normalized spacial score (nSPS) is 23.0. The lowest BCUT2D eigenvalue weighted by Crippen LogP contribution is -2.50. The number of carboxylic acid groups (broad SMARTS) is 1. The number of carbonyl (C=O) groups is 1. The molecule has 23 heavy (non-hydrogen) atoms. The van der Waals surface area contributed by atoms with Gasteiger partial charge in [-0.2, -0.15) is 0 Å². The molecule has 1 aromatic carbocycles. The summed E-state index contributed by atoms with van der Waals surface area (Å²) in [5.74, 6) is -1.07. The van der Waals surface area contributed by atoms with Gasteiger partial charge in [-0.25, -0.2) is 0 Å². The van der Waals surface area contributed by atoms with Crippen LogP contribution in [-0.2, 0) is 14.1 Å². The minimum absolute atomic E-state index is 0.311. The summed E-state index contributed by atoms with van der Waals surface area (Å²) in [7, 11) is -0.478. The average molecular weight is 338 g/mol. The molecule has 124 valence electrons. The highest BCUT2D eigenvalue weighted by molar-refractivity contribution is 6.62. The van der Waals surface area contributed by atoms with Crippen LogP contribution in [0.1, 0.15) is 27.7 Å². The summed E-state index contributed by atoms with van der Waals surface area (Å²) in [6.07, 6.45) is 0. The van der Waals surface area contributed by atoms with Gasteiger partial charge in [0.2, 0.25) is 0 Å². The van der Waals surface area contributed by atoms with E-state index >= 15 is 0 Å². The smallest absolute Gasteiger partial charge is 0.481 e. The van der Waals surface area contributed by atoms with E-state index in [1.807, 2.05) is 50.8 Å². The van der Waals surface area contributed by atoms with E-state index < -0.39 is 24.3 Å². The van der Waals surface area contributed by atoms with E-state index in [-0.39, 0.29) is 5.92 Å². The first kappa shape index (κ1) is 16.6. The number of rotatable bonds is 3. The zero-order valence-corrected chi connectivity index (χ0v) is 14.6. The van der Waals surface area contributed by atoms with E-state index in [1.165, 1.54) is 0 Å². The molecule has 2 fully saturated rings. The van der Waals surface area contributed by atoms with Crippen LogP contribution in [0.3, 0.4) is 0 Å². The lowest BCUT2D eigenvalue weighted by atomic mass is 9.78. The number of hydrogen-bond acceptors (Lipinski definition) is 4. The monoisotopic (exact) mass is 337 g/mol. The van der Waals surface area contributed by atoms with Gasteiger partial charge < -0.3 is 19.3 Å². The summed E-state index contributed by atoms with van der Waals surface area (Å²) >= 11 is 6.24. The number of benzene rings is 1. The van der Waals surface area contributed by atoms with Crippen molar-refractivity contribution < 1.29 is 19.2 Å². The Bertz CT molecular complexity index is 627. The molecule has 5 nitrogen and oxygen atoms in total. The summed E-state index contributed by atoms with van der Waals surface area (Å²) in [5.41, 5.74) is 0.931. The molecule has 0 unspecified atom stereocenters. The lowest BCUT2D eigenvalue weighted by molar-refractivity contribution is -0.142. The minimum Gasteiger partial charge on any atom is -0.481 e. The molecule has 0 saturated carbocycles. The van der Waals surface area contributed by atoms with Gasteiger partial charge in [-0.15, -0.1) is 0 Å². The van der Waals surface area contributed by atoms with Gasteiger partial charge in [0.05, 0.1) is 17.1 Å². The lowest BCUT2D eigenvalue weighted by Gasteiger charge is -2.39. The van der Waals surface area contributed by atoms with Crippen molar-refractivity contribution in [1.82, 2.24) is 0 Å². The quantitative estimate of drug-likeness (QED) is 0.857. The average Bonchev–Trinajstić information content (AvgIpc) is 2.55. The molecular formula is C16H21BClNO4. The first-order chi connectivity index (χ1) is 10.6. The van der Waals surface area contributed by atoms with Crippen molar-refractivity contribution in [3.8, 4) is 0 Å². The molecule has 1 aromatic rings. The number of aliphatic carboxylic acids is 1. The second-order valence-electron chi connectivity index (χ2n) is 7.27. The van der Waals surface area contributed by atoms with Crippen LogP contribution in [0, 0.1) is 5.92 Å². The number of halogens is 1. The molecule has 2 aliphatic rings. The third-order valence-corrected chi connectivity index (χ3v) is 5.24. The Morgan fingerprint density at radius 2 is 1.78 bits per heavy atom. The van der Waals surface area contributed by atoms with Gasteiger partial charge in [0.15, 0.2) is 0 Å². The van der Waals surface area contributed by atoms with E-state index in [1.54, 1.807) is 0 Å². The molecule has 0 bridgehead atoms. The minimum atomic E-state index is -0.755. The summed E-state index contributed by atoms with van der Waals surface area (Å²) in [6, 6.07) is 5.64. The van der Waals surface area contributed by atoms with E-state index in [4.69, 9.17) is 26.0 Å². The van der Waals surface area contributed by atoms with Crippen molar-refractivity contribution in [2.24, 2.45) is 5.92 Å². The van der Waals surface area contributed by atoms with Crippen molar-refractivity contribution in [3.63, 3.8) is 0 Å². The third kappa shape index (κ3) is 2.95. The third-order valence-electron chi connectivity index (χ3n) is 5.03. The fourth-order valence-electron chi connectivity index (χ4n) is 2.74. The van der Waals surface area contributed by atoms with Crippen LogP contribution in [0.25, 0.3) is 0 Å². The first-order valence-electron chi connectivity index (χ1n) is 7.73. The van der Waals surface area contributed by atoms with E-state index in [0.717, 1.165) is 11.2 Å². The molecule has 2 saturated heterocycles. The maximum Gasteiger partial charge on any atom is 0.494 e. The largest absolute Gasteiger partial charge is 0.494 e. The topological polar surface area (TPSA) is 59.0 Å². The van der Waals surface area contributed by atoms with Gasteiger partial charge in [0, 0.05) is 23.8 Å². The van der Waals surface area contributed by atoms with Crippen molar-refractivity contribution in [1.29, 1.82) is 0 Å². The molecule has 2 heterocycles. The van der Waals surface area contributed by atoms with Crippen molar-refractivity contribution >= 4 is 35.8 Å². The van der Waals surface area contributed by atoms with Gasteiger partial charge in [0.25, 0.3) is 0 Å². The highest BCUT2D eigenvalue weighted by Crippen LogP contribution is 2.37. The molecule has 0 amide bonds. The second-order valence-corrected chi connectivity index (χ2v) is 7.71. The molecule has 0 aromatic heterocycles. The van der Waals surface area contributed by atoms with E-state index in [9.17, 15) is 4.79 Å². The summed E-state index contributed by atoms with van der Waals surface area (Å²) < 4.78 is 12.1. The second kappa shape index (κ2) is 5.40. The van der Waals surface area contributed by atoms with Gasteiger partial charge in [-0.05, 0) is 51.4 Å². The van der Waals surface area contributed by atoms with Crippen LogP contribution in [0.5, 0.6) is 0 Å². The zero-order chi connectivity index (χ0) is 17.0. The molecular weight excluding hydrogens is 316 g/mol. The zero-order valence-electron chi connectivity index (χ0n) is 13.8. The number of anilines is 1. The summed E-state index contributed by atoms with van der Waals surface area (Å²) in [5, 5.41) is 9.59. The van der Waals surface area contributed by atoms with Crippen LogP contribution in [-0.4, -0.2) is 42.5 Å². The number of carboxylic acids is 1. The van der Waals surface area contributed by atoms with E-state index in [2.05, 4.69) is 0 Å². The molecule has 0 spiro atoms. The molecule has 0 atom stereocenters.